The molecule has 0 aromatic rings. The van der Waals surface area contributed by atoms with Gasteiger partial charge in [-0.15, -0.1) is 0 Å². The van der Waals surface area contributed by atoms with E-state index >= 15 is 0 Å². The van der Waals surface area contributed by atoms with Crippen LogP contribution in [0.15, 0.2) is 0 Å². The van der Waals surface area contributed by atoms with Crippen molar-refractivity contribution in [3.8, 4) is 0 Å². The van der Waals surface area contributed by atoms with Gasteiger partial charge in [-0.3, -0.25) is 0 Å². The lowest BCUT2D eigenvalue weighted by Crippen LogP contribution is -2.26. The van der Waals surface area contributed by atoms with E-state index in [9.17, 15) is 8.78 Å². The van der Waals surface area contributed by atoms with Crippen LogP contribution in [0.3, 0.4) is 0 Å². The van der Waals surface area contributed by atoms with Crippen molar-refractivity contribution in [3.63, 3.8) is 0 Å². The molecule has 1 saturated carbocycles. The lowest BCUT2D eigenvalue weighted by atomic mass is 9.84. The van der Waals surface area contributed by atoms with E-state index in [4.69, 9.17) is 6.57 Å². The molecule has 1 aliphatic rings. The Balaban J connectivity index is 2.32. The van der Waals surface area contributed by atoms with Gasteiger partial charge in [0.1, 0.15) is 0 Å². The molecule has 0 amide bonds. The Labute approximate surface area is 71.6 Å². The maximum absolute atomic E-state index is 12.8. The van der Waals surface area contributed by atoms with Gasteiger partial charge >= 0.3 is 0 Å². The van der Waals surface area contributed by atoms with Crippen LogP contribution in [0, 0.1) is 12.5 Å². The predicted molar refractivity (Wildman–Crippen MR) is 43.0 cm³/mol. The van der Waals surface area contributed by atoms with Crippen molar-refractivity contribution in [1.29, 1.82) is 0 Å². The summed E-state index contributed by atoms with van der Waals surface area (Å²) in [5.41, 5.74) is 0. The van der Waals surface area contributed by atoms with Gasteiger partial charge < -0.3 is 4.85 Å². The van der Waals surface area contributed by atoms with Crippen LogP contribution in [-0.2, 0) is 0 Å². The first kappa shape index (κ1) is 9.44. The van der Waals surface area contributed by atoms with Crippen molar-refractivity contribution < 1.29 is 8.78 Å². The number of rotatable bonds is 2. The van der Waals surface area contributed by atoms with Gasteiger partial charge in [0.2, 0.25) is 12.5 Å². The van der Waals surface area contributed by atoms with Gasteiger partial charge in [0.25, 0.3) is 0 Å². The van der Waals surface area contributed by atoms with Crippen LogP contribution in [0.1, 0.15) is 32.1 Å². The monoisotopic (exact) mass is 173 g/mol. The zero-order valence-electron chi connectivity index (χ0n) is 7.02. The maximum Gasteiger partial charge on any atom is 0.248 e. The first-order valence-corrected chi connectivity index (χ1v) is 4.35. The SMILES string of the molecule is [C-]#[N+]CCC1CCCC(F)(F)C1. The topological polar surface area (TPSA) is 4.36 Å². The number of alkyl halides is 2. The van der Waals surface area contributed by atoms with Crippen LogP contribution < -0.4 is 0 Å². The van der Waals surface area contributed by atoms with E-state index in [0.717, 1.165) is 6.42 Å². The molecule has 3 heteroatoms. The highest BCUT2D eigenvalue weighted by molar-refractivity contribution is 4.79. The summed E-state index contributed by atoms with van der Waals surface area (Å²) < 4.78 is 25.6. The van der Waals surface area contributed by atoms with E-state index in [2.05, 4.69) is 4.85 Å². The standard InChI is InChI=1S/C9H13F2N/c1-12-6-4-8-3-2-5-9(10,11)7-8/h8H,2-7H2. The van der Waals surface area contributed by atoms with Crippen molar-refractivity contribution in [2.75, 3.05) is 6.54 Å². The zero-order chi connectivity index (χ0) is 9.03. The molecule has 0 spiro atoms. The number of hydrogen-bond donors (Lipinski definition) is 0. The Morgan fingerprint density at radius 1 is 1.50 bits per heavy atom. The largest absolute Gasteiger partial charge is 0.317 e. The fraction of sp³-hybridized carbons (Fsp3) is 0.889. The number of nitrogens with zero attached hydrogens (tertiary/aromatic N) is 1. The van der Waals surface area contributed by atoms with Crippen LogP contribution >= 0.6 is 0 Å². The first-order valence-electron chi connectivity index (χ1n) is 4.35. The Hall–Kier alpha value is -0.650. The summed E-state index contributed by atoms with van der Waals surface area (Å²) in [6, 6.07) is 0. The lowest BCUT2D eigenvalue weighted by Gasteiger charge is -2.27. The molecular formula is C9H13F2N. The Morgan fingerprint density at radius 2 is 2.25 bits per heavy atom. The minimum absolute atomic E-state index is 0.00250. The first-order chi connectivity index (χ1) is 5.64. The third kappa shape index (κ3) is 2.77. The molecule has 0 aliphatic heterocycles. The summed E-state index contributed by atoms with van der Waals surface area (Å²) in [5, 5.41) is 0. The van der Waals surface area contributed by atoms with Crippen LogP contribution in [0.4, 0.5) is 8.78 Å². The summed E-state index contributed by atoms with van der Waals surface area (Å²) in [5.74, 6) is -2.37. The fourth-order valence-corrected chi connectivity index (χ4v) is 1.77. The minimum atomic E-state index is -2.45. The lowest BCUT2D eigenvalue weighted by molar-refractivity contribution is -0.0528. The third-order valence-electron chi connectivity index (χ3n) is 2.39. The highest BCUT2D eigenvalue weighted by atomic mass is 19.3. The second-order valence-corrected chi connectivity index (χ2v) is 3.49. The molecule has 1 rings (SSSR count). The smallest absolute Gasteiger partial charge is 0.248 e. The average Bonchev–Trinajstić information content (AvgIpc) is 1.99. The van der Waals surface area contributed by atoms with Crippen LogP contribution in [0.2, 0.25) is 0 Å². The predicted octanol–water partition coefficient (Wildman–Crippen LogP) is 3.12. The molecule has 0 radical (unpaired) electrons. The van der Waals surface area contributed by atoms with Crippen LogP contribution in [0.5, 0.6) is 0 Å². The normalized spacial score (nSPS) is 27.9. The molecule has 0 bridgehead atoms. The minimum Gasteiger partial charge on any atom is -0.317 e. The molecular weight excluding hydrogens is 160 g/mol. The van der Waals surface area contributed by atoms with E-state index in [1.54, 1.807) is 0 Å². The highest BCUT2D eigenvalue weighted by Crippen LogP contribution is 2.37. The molecule has 0 saturated heterocycles. The molecule has 0 N–H and O–H groups in total. The summed E-state index contributed by atoms with van der Waals surface area (Å²) in [7, 11) is 0. The van der Waals surface area contributed by atoms with Crippen molar-refractivity contribution in [1.82, 2.24) is 0 Å². The molecule has 0 aromatic heterocycles. The second-order valence-electron chi connectivity index (χ2n) is 3.49. The molecule has 1 unspecified atom stereocenters. The van der Waals surface area contributed by atoms with Gasteiger partial charge in [-0.25, -0.2) is 15.4 Å². The van der Waals surface area contributed by atoms with Crippen molar-refractivity contribution in [2.24, 2.45) is 5.92 Å². The summed E-state index contributed by atoms with van der Waals surface area (Å²) in [6.07, 6.45) is 2.20. The maximum atomic E-state index is 12.8. The van der Waals surface area contributed by atoms with Crippen molar-refractivity contribution in [3.05, 3.63) is 11.4 Å². The van der Waals surface area contributed by atoms with Gasteiger partial charge in [-0.1, -0.05) is 0 Å². The zero-order valence-corrected chi connectivity index (χ0v) is 7.02. The van der Waals surface area contributed by atoms with E-state index in [1.165, 1.54) is 0 Å². The molecule has 1 fully saturated rings. The average molecular weight is 173 g/mol. The molecule has 12 heavy (non-hydrogen) atoms. The Morgan fingerprint density at radius 3 is 2.83 bits per heavy atom. The number of hydrogen-bond acceptors (Lipinski definition) is 0. The highest BCUT2D eigenvalue weighted by Gasteiger charge is 2.36. The molecule has 0 heterocycles. The van der Waals surface area contributed by atoms with Gasteiger partial charge in [-0.2, -0.15) is 0 Å². The molecule has 1 aliphatic carbocycles. The van der Waals surface area contributed by atoms with Crippen molar-refractivity contribution in [2.45, 2.75) is 38.0 Å². The van der Waals surface area contributed by atoms with Crippen LogP contribution in [0.25, 0.3) is 4.85 Å². The van der Waals surface area contributed by atoms with Crippen LogP contribution in [-0.4, -0.2) is 12.5 Å². The van der Waals surface area contributed by atoms with Gasteiger partial charge in [0.05, 0.1) is 0 Å². The molecule has 1 nitrogen and oxygen atoms in total. The van der Waals surface area contributed by atoms with E-state index in [0.29, 0.717) is 19.4 Å². The van der Waals surface area contributed by atoms with E-state index in [-0.39, 0.29) is 18.8 Å². The van der Waals surface area contributed by atoms with Crippen molar-refractivity contribution >= 4 is 0 Å². The van der Waals surface area contributed by atoms with E-state index < -0.39 is 5.92 Å². The van der Waals surface area contributed by atoms with E-state index in [1.807, 2.05) is 0 Å². The second kappa shape index (κ2) is 3.84. The summed E-state index contributed by atoms with van der Waals surface area (Å²) in [4.78, 5) is 3.18. The summed E-state index contributed by atoms with van der Waals surface area (Å²) >= 11 is 0. The Kier molecular flexibility index (Phi) is 3.02. The van der Waals surface area contributed by atoms with Gasteiger partial charge in [0, 0.05) is 19.3 Å². The number of halogens is 2. The van der Waals surface area contributed by atoms with Gasteiger partial charge in [0.15, 0.2) is 0 Å². The molecule has 1 atom stereocenters. The fourth-order valence-electron chi connectivity index (χ4n) is 1.77. The summed E-state index contributed by atoms with van der Waals surface area (Å²) in [6.45, 7) is 6.96. The van der Waals surface area contributed by atoms with Gasteiger partial charge in [-0.05, 0) is 18.8 Å². The third-order valence-corrected chi connectivity index (χ3v) is 2.39. The Bertz CT molecular complexity index is 183. The quantitative estimate of drug-likeness (QED) is 0.565. The molecule has 0 aromatic carbocycles. The molecule has 68 valence electrons.